The third-order valence-corrected chi connectivity index (χ3v) is 5.77. The molecule has 0 aromatic carbocycles. The number of aliphatic hydroxyl groups is 4. The van der Waals surface area contributed by atoms with Gasteiger partial charge in [0.1, 0.15) is 13.5 Å². The molecule has 14 heteroatoms. The van der Waals surface area contributed by atoms with Crippen LogP contribution in [0.3, 0.4) is 0 Å². The highest BCUT2D eigenvalue weighted by atomic mass is 16.4. The predicted molar refractivity (Wildman–Crippen MR) is 116 cm³/mol. The molecule has 2 atom stereocenters. The smallest absolute Gasteiger partial charge is 0.317 e. The number of hydrogen-bond donors (Lipinski definition) is 6. The Morgan fingerprint density at radius 1 is 0.618 bits per heavy atom. The Kier molecular flexibility index (Phi) is 13.5. The van der Waals surface area contributed by atoms with E-state index in [1.165, 1.54) is 9.80 Å². The second-order valence-electron chi connectivity index (χ2n) is 8.06. The van der Waals surface area contributed by atoms with Gasteiger partial charge in [-0.15, -0.1) is 0 Å². The van der Waals surface area contributed by atoms with E-state index in [1.807, 2.05) is 0 Å². The SMILES string of the molecule is O=C(O)CN(CC(=O)N(CO)CCO)[C@@H]1CCCC[C@H]1N(CC(=O)O)CC(=O)N(CO)CCO. The van der Waals surface area contributed by atoms with Crippen molar-refractivity contribution in [1.82, 2.24) is 19.6 Å². The number of hydrogen-bond acceptors (Lipinski definition) is 10. The molecule has 1 rings (SSSR count). The maximum Gasteiger partial charge on any atom is 0.317 e. The van der Waals surface area contributed by atoms with Gasteiger partial charge in [0.25, 0.3) is 0 Å². The first kappa shape index (κ1) is 29.7. The van der Waals surface area contributed by atoms with E-state index >= 15 is 0 Å². The number of amides is 2. The Labute approximate surface area is 197 Å². The molecule has 196 valence electrons. The third-order valence-electron chi connectivity index (χ3n) is 5.77. The van der Waals surface area contributed by atoms with Gasteiger partial charge in [0.05, 0.1) is 39.4 Å². The van der Waals surface area contributed by atoms with Crippen molar-refractivity contribution in [3.63, 3.8) is 0 Å². The molecule has 0 aliphatic heterocycles. The van der Waals surface area contributed by atoms with Crippen molar-refractivity contribution in [1.29, 1.82) is 0 Å². The normalized spacial score (nSPS) is 18.2. The molecule has 0 saturated heterocycles. The van der Waals surface area contributed by atoms with Gasteiger partial charge in [-0.25, -0.2) is 0 Å². The molecule has 0 radical (unpaired) electrons. The molecule has 1 fully saturated rings. The summed E-state index contributed by atoms with van der Waals surface area (Å²) < 4.78 is 0. The average molecular weight is 493 g/mol. The number of carbonyl (C=O) groups excluding carboxylic acids is 2. The number of carboxylic acid groups (broad SMARTS) is 2. The maximum atomic E-state index is 12.6. The van der Waals surface area contributed by atoms with Crippen LogP contribution in [0.15, 0.2) is 0 Å². The molecule has 0 bridgehead atoms. The number of aliphatic carboxylic acids is 2. The van der Waals surface area contributed by atoms with E-state index in [4.69, 9.17) is 10.2 Å². The Balaban J connectivity index is 3.19. The second kappa shape index (κ2) is 15.5. The fraction of sp³-hybridized carbons (Fsp3) is 0.800. The molecule has 34 heavy (non-hydrogen) atoms. The van der Waals surface area contributed by atoms with Crippen LogP contribution < -0.4 is 0 Å². The molecule has 1 aliphatic rings. The predicted octanol–water partition coefficient (Wildman–Crippen LogP) is -3.39. The zero-order chi connectivity index (χ0) is 25.7. The molecule has 2 amide bonds. The fourth-order valence-electron chi connectivity index (χ4n) is 4.21. The van der Waals surface area contributed by atoms with Gasteiger partial charge in [-0.3, -0.25) is 29.0 Å². The molecule has 0 aromatic heterocycles. The zero-order valence-electron chi connectivity index (χ0n) is 19.2. The minimum absolute atomic E-state index is 0.133. The molecule has 0 aromatic rings. The van der Waals surface area contributed by atoms with Crippen LogP contribution in [-0.4, -0.2) is 152 Å². The van der Waals surface area contributed by atoms with Crippen LogP contribution in [0.5, 0.6) is 0 Å². The Hall–Kier alpha value is -2.36. The van der Waals surface area contributed by atoms with E-state index in [0.29, 0.717) is 25.7 Å². The first-order valence-electron chi connectivity index (χ1n) is 11.1. The van der Waals surface area contributed by atoms with Crippen molar-refractivity contribution in [3.05, 3.63) is 0 Å². The first-order chi connectivity index (χ1) is 16.2. The third kappa shape index (κ3) is 9.48. The van der Waals surface area contributed by atoms with Crippen molar-refractivity contribution >= 4 is 23.8 Å². The maximum absolute atomic E-state index is 12.6. The summed E-state index contributed by atoms with van der Waals surface area (Å²) in [5, 5.41) is 55.8. The van der Waals surface area contributed by atoms with Gasteiger partial charge in [0.15, 0.2) is 0 Å². The van der Waals surface area contributed by atoms with Gasteiger partial charge in [-0.1, -0.05) is 12.8 Å². The van der Waals surface area contributed by atoms with Crippen LogP contribution in [0, 0.1) is 0 Å². The molecule has 0 spiro atoms. The lowest BCUT2D eigenvalue weighted by Crippen LogP contribution is -2.59. The highest BCUT2D eigenvalue weighted by molar-refractivity contribution is 5.80. The van der Waals surface area contributed by atoms with Crippen LogP contribution in [0.1, 0.15) is 25.7 Å². The van der Waals surface area contributed by atoms with Gasteiger partial charge in [-0.2, -0.15) is 0 Å². The average Bonchev–Trinajstić information content (AvgIpc) is 2.79. The molecule has 1 aliphatic carbocycles. The molecular formula is C20H36N4O10. The highest BCUT2D eigenvalue weighted by Gasteiger charge is 2.38. The number of nitrogens with zero attached hydrogens (tertiary/aromatic N) is 4. The number of carboxylic acids is 2. The van der Waals surface area contributed by atoms with Crippen LogP contribution in [0.4, 0.5) is 0 Å². The summed E-state index contributed by atoms with van der Waals surface area (Å²) in [6, 6.07) is -1.15. The standard InChI is InChI=1S/C20H36N4O10/c25-7-5-21(13-27)17(29)9-23(11-19(31)32)15-3-1-2-4-16(15)24(12-20(33)34)10-18(30)22(14-28)6-8-26/h15-16,25-28H,1-14H2,(H,31,32)(H,33,34)/t15-,16-/m1/s1. The van der Waals surface area contributed by atoms with Crippen LogP contribution in [0.25, 0.3) is 0 Å². The fourth-order valence-corrected chi connectivity index (χ4v) is 4.21. The lowest BCUT2D eigenvalue weighted by atomic mass is 9.87. The number of aliphatic hydroxyl groups excluding tert-OH is 4. The van der Waals surface area contributed by atoms with Gasteiger partial charge < -0.3 is 40.4 Å². The number of carbonyl (C=O) groups is 4. The van der Waals surface area contributed by atoms with E-state index in [2.05, 4.69) is 0 Å². The van der Waals surface area contributed by atoms with Gasteiger partial charge in [-0.05, 0) is 12.8 Å². The summed E-state index contributed by atoms with van der Waals surface area (Å²) in [4.78, 5) is 53.1. The summed E-state index contributed by atoms with van der Waals surface area (Å²) >= 11 is 0. The van der Waals surface area contributed by atoms with Gasteiger partial charge >= 0.3 is 11.9 Å². The Morgan fingerprint density at radius 2 is 0.971 bits per heavy atom. The van der Waals surface area contributed by atoms with E-state index < -0.39 is 62.4 Å². The largest absolute Gasteiger partial charge is 0.480 e. The lowest BCUT2D eigenvalue weighted by Gasteiger charge is -2.44. The highest BCUT2D eigenvalue weighted by Crippen LogP contribution is 2.27. The molecular weight excluding hydrogens is 456 g/mol. The van der Waals surface area contributed by atoms with Gasteiger partial charge in [0.2, 0.25) is 11.8 Å². The summed E-state index contributed by atoms with van der Waals surface area (Å²) in [5.74, 6) is -3.61. The van der Waals surface area contributed by atoms with E-state index in [1.54, 1.807) is 0 Å². The summed E-state index contributed by atoms with van der Waals surface area (Å²) in [5.41, 5.74) is 0. The summed E-state index contributed by atoms with van der Waals surface area (Å²) in [6.07, 6.45) is 2.31. The minimum atomic E-state index is -1.20. The molecule has 6 N–H and O–H groups in total. The molecule has 14 nitrogen and oxygen atoms in total. The monoisotopic (exact) mass is 492 g/mol. The van der Waals surface area contributed by atoms with Crippen LogP contribution in [-0.2, 0) is 19.2 Å². The topological polar surface area (TPSA) is 203 Å². The molecule has 0 unspecified atom stereocenters. The molecule has 0 heterocycles. The van der Waals surface area contributed by atoms with Gasteiger partial charge in [0, 0.05) is 25.2 Å². The van der Waals surface area contributed by atoms with E-state index in [0.717, 1.165) is 9.80 Å². The van der Waals surface area contributed by atoms with Crippen LogP contribution >= 0.6 is 0 Å². The van der Waals surface area contributed by atoms with Crippen molar-refractivity contribution in [2.24, 2.45) is 0 Å². The summed E-state index contributed by atoms with van der Waals surface area (Å²) in [6.45, 7) is -4.15. The van der Waals surface area contributed by atoms with Crippen molar-refractivity contribution in [2.45, 2.75) is 37.8 Å². The molecule has 1 saturated carbocycles. The van der Waals surface area contributed by atoms with Crippen molar-refractivity contribution in [3.8, 4) is 0 Å². The van der Waals surface area contributed by atoms with E-state index in [-0.39, 0.29) is 39.4 Å². The number of rotatable bonds is 16. The summed E-state index contributed by atoms with van der Waals surface area (Å²) in [7, 11) is 0. The Morgan fingerprint density at radius 3 is 1.24 bits per heavy atom. The Bertz CT molecular complexity index is 624. The lowest BCUT2D eigenvalue weighted by molar-refractivity contribution is -0.148. The van der Waals surface area contributed by atoms with Crippen LogP contribution in [0.2, 0.25) is 0 Å². The van der Waals surface area contributed by atoms with Crippen molar-refractivity contribution < 1.29 is 49.8 Å². The first-order valence-corrected chi connectivity index (χ1v) is 11.1. The van der Waals surface area contributed by atoms with Crippen molar-refractivity contribution in [2.75, 3.05) is 65.9 Å². The minimum Gasteiger partial charge on any atom is -0.480 e. The quantitative estimate of drug-likeness (QED) is 0.117. The van der Waals surface area contributed by atoms with E-state index in [9.17, 15) is 39.6 Å². The second-order valence-corrected chi connectivity index (χ2v) is 8.06. The zero-order valence-corrected chi connectivity index (χ0v) is 19.2.